The summed E-state index contributed by atoms with van der Waals surface area (Å²) in [4.78, 5) is 24.3. The number of carbonyl (C=O) groups excluding carboxylic acids is 2. The van der Waals surface area contributed by atoms with Crippen molar-refractivity contribution in [3.05, 3.63) is 83.4 Å². The zero-order chi connectivity index (χ0) is 26.8. The number of benzene rings is 3. The van der Waals surface area contributed by atoms with Gasteiger partial charge in [0.05, 0.1) is 22.8 Å². The van der Waals surface area contributed by atoms with Crippen LogP contribution >= 0.6 is 0 Å². The highest BCUT2D eigenvalue weighted by atomic mass is 32.2. The molecular formula is C25H21F3N2O6S. The van der Waals surface area contributed by atoms with Crippen molar-refractivity contribution in [2.24, 2.45) is 0 Å². The van der Waals surface area contributed by atoms with Gasteiger partial charge in [0, 0.05) is 23.9 Å². The third-order valence-corrected chi connectivity index (χ3v) is 7.29. The average molecular weight is 535 g/mol. The van der Waals surface area contributed by atoms with Crippen LogP contribution in [0.1, 0.15) is 33.2 Å². The van der Waals surface area contributed by atoms with E-state index in [-0.39, 0.29) is 29.3 Å². The maximum Gasteiger partial charge on any atom is 0.573 e. The summed E-state index contributed by atoms with van der Waals surface area (Å²) in [6.07, 6.45) is -4.60. The third kappa shape index (κ3) is 5.85. The number of alkyl halides is 3. The molecule has 8 nitrogen and oxygen atoms in total. The third-order valence-electron chi connectivity index (χ3n) is 5.48. The minimum atomic E-state index is -4.97. The highest BCUT2D eigenvalue weighted by molar-refractivity contribution is 7.92. The van der Waals surface area contributed by atoms with Crippen LogP contribution in [0.4, 0.5) is 24.5 Å². The summed E-state index contributed by atoms with van der Waals surface area (Å²) in [7, 11) is -4.24. The molecule has 0 spiro atoms. The van der Waals surface area contributed by atoms with E-state index in [9.17, 15) is 31.2 Å². The van der Waals surface area contributed by atoms with Crippen molar-refractivity contribution in [1.82, 2.24) is 0 Å². The fourth-order valence-electron chi connectivity index (χ4n) is 3.81. The highest BCUT2D eigenvalue weighted by Crippen LogP contribution is 2.35. The quantitative estimate of drug-likeness (QED) is 0.439. The van der Waals surface area contributed by atoms with Crippen molar-refractivity contribution in [3.8, 4) is 5.75 Å². The van der Waals surface area contributed by atoms with Crippen molar-refractivity contribution >= 4 is 33.3 Å². The number of amides is 1. The Kier molecular flexibility index (Phi) is 7.12. The standard InChI is InChI=1S/C25H21F3N2O6S/c1-2-35-24(32)17-8-10-19(11-9-17)29-23(31)18-7-6-16-12-13-30(22(16)14-18)37(33,34)21-5-3-4-20(15-21)36-25(26,27)28/h3-11,14-15H,2,12-13H2,1H3,(H,29,31). The molecule has 0 fully saturated rings. The van der Waals surface area contributed by atoms with Gasteiger partial charge in [-0.15, -0.1) is 13.2 Å². The second-order valence-electron chi connectivity index (χ2n) is 7.95. The monoisotopic (exact) mass is 534 g/mol. The second kappa shape index (κ2) is 10.1. The molecule has 0 atom stereocenters. The molecule has 0 bridgehead atoms. The Morgan fingerprint density at radius 3 is 2.38 bits per heavy atom. The molecule has 0 radical (unpaired) electrons. The van der Waals surface area contributed by atoms with E-state index >= 15 is 0 Å². The Balaban J connectivity index is 1.55. The number of esters is 1. The van der Waals surface area contributed by atoms with E-state index in [2.05, 4.69) is 10.1 Å². The van der Waals surface area contributed by atoms with Gasteiger partial charge in [-0.3, -0.25) is 9.10 Å². The van der Waals surface area contributed by atoms with Crippen LogP contribution in [0.2, 0.25) is 0 Å². The average Bonchev–Trinajstić information content (AvgIpc) is 3.28. The summed E-state index contributed by atoms with van der Waals surface area (Å²) in [5.41, 5.74) is 1.82. The van der Waals surface area contributed by atoms with E-state index in [0.29, 0.717) is 23.2 Å². The largest absolute Gasteiger partial charge is 0.573 e. The number of sulfonamides is 1. The maximum absolute atomic E-state index is 13.3. The van der Waals surface area contributed by atoms with Gasteiger partial charge in [-0.1, -0.05) is 12.1 Å². The maximum atomic E-state index is 13.3. The summed E-state index contributed by atoms with van der Waals surface area (Å²) in [5.74, 6) is -1.66. The molecule has 0 saturated carbocycles. The molecule has 3 aromatic rings. The Hall–Kier alpha value is -4.06. The predicted octanol–water partition coefficient (Wildman–Crippen LogP) is 4.77. The van der Waals surface area contributed by atoms with Gasteiger partial charge in [0.1, 0.15) is 5.75 Å². The van der Waals surface area contributed by atoms with Crippen molar-refractivity contribution in [2.45, 2.75) is 24.6 Å². The van der Waals surface area contributed by atoms with E-state index < -0.39 is 34.0 Å². The fraction of sp³-hybridized carbons (Fsp3) is 0.200. The van der Waals surface area contributed by atoms with Crippen LogP contribution in [0.15, 0.2) is 71.6 Å². The molecule has 0 aromatic heterocycles. The Morgan fingerprint density at radius 1 is 1.00 bits per heavy atom. The lowest BCUT2D eigenvalue weighted by Gasteiger charge is -2.20. The first-order chi connectivity index (χ1) is 17.5. The Bertz CT molecular complexity index is 1440. The van der Waals surface area contributed by atoms with Gasteiger partial charge in [0.25, 0.3) is 15.9 Å². The zero-order valence-electron chi connectivity index (χ0n) is 19.4. The summed E-state index contributed by atoms with van der Waals surface area (Å²) in [6.45, 7) is 1.98. The van der Waals surface area contributed by atoms with Crippen LogP contribution in [0.25, 0.3) is 0 Å². The number of halogens is 3. The molecule has 4 rings (SSSR count). The molecule has 1 aliphatic rings. The van der Waals surface area contributed by atoms with E-state index in [1.807, 2.05) is 0 Å². The first-order valence-electron chi connectivity index (χ1n) is 11.1. The van der Waals surface area contributed by atoms with Crippen LogP contribution in [0.3, 0.4) is 0 Å². The van der Waals surface area contributed by atoms with Crippen LogP contribution in [0, 0.1) is 0 Å². The lowest BCUT2D eigenvalue weighted by atomic mass is 10.1. The zero-order valence-corrected chi connectivity index (χ0v) is 20.2. The van der Waals surface area contributed by atoms with Crippen molar-refractivity contribution < 1.29 is 40.7 Å². The van der Waals surface area contributed by atoms with Gasteiger partial charge in [-0.2, -0.15) is 0 Å². The van der Waals surface area contributed by atoms with Crippen LogP contribution in [-0.4, -0.2) is 39.8 Å². The molecule has 0 saturated heterocycles. The number of carbonyl (C=O) groups is 2. The first-order valence-corrected chi connectivity index (χ1v) is 12.5. The first kappa shape index (κ1) is 26.0. The Labute approximate surface area is 210 Å². The van der Waals surface area contributed by atoms with Gasteiger partial charge in [-0.25, -0.2) is 13.2 Å². The number of hydrogen-bond donors (Lipinski definition) is 1. The molecule has 1 N–H and O–H groups in total. The number of ether oxygens (including phenoxy) is 2. The normalized spacial score (nSPS) is 13.1. The molecular weight excluding hydrogens is 513 g/mol. The minimum absolute atomic E-state index is 0.0580. The molecule has 37 heavy (non-hydrogen) atoms. The van der Waals surface area contributed by atoms with Gasteiger partial charge < -0.3 is 14.8 Å². The molecule has 0 unspecified atom stereocenters. The van der Waals surface area contributed by atoms with Gasteiger partial charge >= 0.3 is 12.3 Å². The number of hydrogen-bond acceptors (Lipinski definition) is 6. The number of nitrogens with one attached hydrogen (secondary N) is 1. The molecule has 194 valence electrons. The number of anilines is 2. The van der Waals surface area contributed by atoms with Crippen molar-refractivity contribution in [3.63, 3.8) is 0 Å². The SMILES string of the molecule is CCOC(=O)c1ccc(NC(=O)c2ccc3c(c2)N(S(=O)(=O)c2cccc(OC(F)(F)F)c2)CC3)cc1. The molecule has 0 aliphatic carbocycles. The summed E-state index contributed by atoms with van der Waals surface area (Å²) >= 11 is 0. The number of fused-ring (bicyclic) bond motifs is 1. The lowest BCUT2D eigenvalue weighted by Crippen LogP contribution is -2.29. The second-order valence-corrected chi connectivity index (χ2v) is 9.81. The van der Waals surface area contributed by atoms with Gasteiger partial charge in [0.2, 0.25) is 0 Å². The molecule has 3 aromatic carbocycles. The molecule has 1 aliphatic heterocycles. The summed E-state index contributed by atoms with van der Waals surface area (Å²) < 4.78 is 74.1. The summed E-state index contributed by atoms with van der Waals surface area (Å²) in [5, 5.41) is 2.68. The van der Waals surface area contributed by atoms with E-state index in [0.717, 1.165) is 22.5 Å². The smallest absolute Gasteiger partial charge is 0.462 e. The topological polar surface area (TPSA) is 102 Å². The Morgan fingerprint density at radius 2 is 1.70 bits per heavy atom. The van der Waals surface area contributed by atoms with Crippen molar-refractivity contribution in [2.75, 3.05) is 22.8 Å². The van der Waals surface area contributed by atoms with Crippen LogP contribution in [0.5, 0.6) is 5.75 Å². The van der Waals surface area contributed by atoms with Crippen LogP contribution < -0.4 is 14.4 Å². The van der Waals surface area contributed by atoms with Crippen molar-refractivity contribution in [1.29, 1.82) is 0 Å². The molecule has 12 heteroatoms. The van der Waals surface area contributed by atoms with Crippen LogP contribution in [-0.2, 0) is 21.2 Å². The minimum Gasteiger partial charge on any atom is -0.462 e. The van der Waals surface area contributed by atoms with E-state index in [4.69, 9.17) is 4.74 Å². The molecule has 1 amide bonds. The molecule has 1 heterocycles. The number of rotatable bonds is 7. The highest BCUT2D eigenvalue weighted by Gasteiger charge is 2.34. The number of nitrogens with zero attached hydrogens (tertiary/aromatic N) is 1. The van der Waals surface area contributed by atoms with Gasteiger partial charge in [0.15, 0.2) is 0 Å². The van der Waals surface area contributed by atoms with E-state index in [1.54, 1.807) is 19.1 Å². The fourth-order valence-corrected chi connectivity index (χ4v) is 5.34. The van der Waals surface area contributed by atoms with Gasteiger partial charge in [-0.05, 0) is 67.4 Å². The lowest BCUT2D eigenvalue weighted by molar-refractivity contribution is -0.274. The summed E-state index contributed by atoms with van der Waals surface area (Å²) in [6, 6.07) is 14.8. The predicted molar refractivity (Wildman–Crippen MR) is 128 cm³/mol. The van der Waals surface area contributed by atoms with E-state index in [1.165, 1.54) is 36.4 Å².